The van der Waals surface area contributed by atoms with Crippen molar-refractivity contribution in [3.63, 3.8) is 0 Å². The lowest BCUT2D eigenvalue weighted by Crippen LogP contribution is -1.89. The van der Waals surface area contributed by atoms with E-state index in [9.17, 15) is 0 Å². The van der Waals surface area contributed by atoms with Crippen LogP contribution in [0.5, 0.6) is 0 Å². The first kappa shape index (κ1) is 11.3. The first-order chi connectivity index (χ1) is 5.61. The van der Waals surface area contributed by atoms with Crippen LogP contribution in [0.3, 0.4) is 0 Å². The number of nitrogens with two attached hydrogens (primary N) is 1. The topological polar surface area (TPSA) is 26.0 Å². The largest absolute Gasteiger partial charge is 0.398 e. The van der Waals surface area contributed by atoms with Gasteiger partial charge in [-0.25, -0.2) is 0 Å². The Kier molecular flexibility index (Phi) is 4.75. The average Bonchev–Trinajstić information content (AvgIpc) is 2.05. The zero-order valence-corrected chi connectivity index (χ0v) is 8.87. The van der Waals surface area contributed by atoms with Crippen LogP contribution < -0.4 is 5.73 Å². The molecule has 68 valence electrons. The first-order valence-electron chi connectivity index (χ1n) is 4.13. The molecular formula is C10H16ClN. The van der Waals surface area contributed by atoms with Crippen molar-refractivity contribution < 1.29 is 0 Å². The molecule has 0 amide bonds. The molecule has 0 fully saturated rings. The molecule has 0 aromatic heterocycles. The molecule has 0 radical (unpaired) electrons. The van der Waals surface area contributed by atoms with Gasteiger partial charge in [-0.15, -0.1) is 0 Å². The van der Waals surface area contributed by atoms with Crippen molar-refractivity contribution in [2.45, 2.75) is 27.7 Å². The third-order valence-corrected chi connectivity index (χ3v) is 1.94. The number of hydrogen-bond acceptors (Lipinski definition) is 1. The van der Waals surface area contributed by atoms with E-state index in [1.54, 1.807) is 0 Å². The van der Waals surface area contributed by atoms with Crippen LogP contribution in [0, 0.1) is 13.8 Å². The Morgan fingerprint density at radius 3 is 1.92 bits per heavy atom. The molecule has 0 unspecified atom stereocenters. The Labute approximate surface area is 79.5 Å². The van der Waals surface area contributed by atoms with Gasteiger partial charge in [0.25, 0.3) is 0 Å². The molecule has 0 aliphatic rings. The number of anilines is 1. The molecule has 0 heterocycles. The van der Waals surface area contributed by atoms with Crippen molar-refractivity contribution in [2.24, 2.45) is 0 Å². The van der Waals surface area contributed by atoms with Crippen LogP contribution in [0.2, 0.25) is 5.02 Å². The van der Waals surface area contributed by atoms with Gasteiger partial charge in [0, 0.05) is 0 Å². The third-order valence-electron chi connectivity index (χ3n) is 1.61. The fraction of sp³-hybridized carbons (Fsp3) is 0.400. The van der Waals surface area contributed by atoms with Crippen molar-refractivity contribution in [3.8, 4) is 0 Å². The molecule has 0 bridgehead atoms. The number of hydrogen-bond donors (Lipinski definition) is 1. The molecule has 0 aliphatic heterocycles. The van der Waals surface area contributed by atoms with Gasteiger partial charge in [-0.2, -0.15) is 0 Å². The number of halogens is 1. The molecule has 0 atom stereocenters. The minimum atomic E-state index is 0.642. The Balaban J connectivity index is 0.000000561. The normalized spacial score (nSPS) is 8.75. The summed E-state index contributed by atoms with van der Waals surface area (Å²) in [5.74, 6) is 0. The highest BCUT2D eigenvalue weighted by molar-refractivity contribution is 6.33. The van der Waals surface area contributed by atoms with Crippen LogP contribution in [0.4, 0.5) is 5.69 Å². The van der Waals surface area contributed by atoms with Crippen LogP contribution in [0.1, 0.15) is 25.0 Å². The SMILES string of the molecule is CC.Cc1cc(N)c(Cl)cc1C. The van der Waals surface area contributed by atoms with Crippen LogP contribution in [-0.4, -0.2) is 0 Å². The number of nitrogen functional groups attached to an aromatic ring is 1. The smallest absolute Gasteiger partial charge is 0.0638 e. The van der Waals surface area contributed by atoms with Crippen molar-refractivity contribution in [3.05, 3.63) is 28.3 Å². The van der Waals surface area contributed by atoms with E-state index >= 15 is 0 Å². The van der Waals surface area contributed by atoms with Crippen LogP contribution in [0.25, 0.3) is 0 Å². The summed E-state index contributed by atoms with van der Waals surface area (Å²) in [7, 11) is 0. The average molecular weight is 186 g/mol. The third kappa shape index (κ3) is 2.74. The Hall–Kier alpha value is -0.690. The van der Waals surface area contributed by atoms with Crippen LogP contribution >= 0.6 is 11.6 Å². The van der Waals surface area contributed by atoms with Gasteiger partial charge in [0.15, 0.2) is 0 Å². The molecule has 1 nitrogen and oxygen atoms in total. The van der Waals surface area contributed by atoms with Gasteiger partial charge >= 0.3 is 0 Å². The minimum absolute atomic E-state index is 0.642. The Morgan fingerprint density at radius 1 is 1.08 bits per heavy atom. The molecule has 2 heteroatoms. The summed E-state index contributed by atoms with van der Waals surface area (Å²) in [5.41, 5.74) is 8.58. The standard InChI is InChI=1S/C8H10ClN.C2H6/c1-5-3-7(9)8(10)4-6(5)2;1-2/h3-4H,10H2,1-2H3;1-2H3. The summed E-state index contributed by atoms with van der Waals surface area (Å²) in [6.45, 7) is 8.03. The summed E-state index contributed by atoms with van der Waals surface area (Å²) in [4.78, 5) is 0. The lowest BCUT2D eigenvalue weighted by Gasteiger charge is -2.02. The summed E-state index contributed by atoms with van der Waals surface area (Å²) < 4.78 is 0. The molecule has 1 rings (SSSR count). The molecule has 12 heavy (non-hydrogen) atoms. The number of aryl methyl sites for hydroxylation is 2. The fourth-order valence-electron chi connectivity index (χ4n) is 0.803. The monoisotopic (exact) mass is 185 g/mol. The summed E-state index contributed by atoms with van der Waals surface area (Å²) >= 11 is 5.76. The van der Waals surface area contributed by atoms with Gasteiger partial charge in [0.2, 0.25) is 0 Å². The second-order valence-electron chi connectivity index (χ2n) is 2.46. The minimum Gasteiger partial charge on any atom is -0.398 e. The van der Waals surface area contributed by atoms with E-state index in [0.717, 1.165) is 0 Å². The van der Waals surface area contributed by atoms with E-state index in [2.05, 4.69) is 0 Å². The number of benzene rings is 1. The van der Waals surface area contributed by atoms with Crippen LogP contribution in [-0.2, 0) is 0 Å². The molecule has 2 N–H and O–H groups in total. The molecule has 0 aliphatic carbocycles. The highest BCUT2D eigenvalue weighted by Gasteiger charge is 1.97. The molecule has 0 spiro atoms. The van der Waals surface area contributed by atoms with Gasteiger partial charge in [-0.1, -0.05) is 25.4 Å². The predicted octanol–water partition coefficient (Wildman–Crippen LogP) is 3.57. The van der Waals surface area contributed by atoms with Gasteiger partial charge in [-0.3, -0.25) is 0 Å². The molecule has 0 saturated carbocycles. The van der Waals surface area contributed by atoms with Gasteiger partial charge in [0.05, 0.1) is 10.7 Å². The van der Waals surface area contributed by atoms with Crippen molar-refractivity contribution in [1.29, 1.82) is 0 Å². The Morgan fingerprint density at radius 2 is 1.50 bits per heavy atom. The van der Waals surface area contributed by atoms with E-state index < -0.39 is 0 Å². The zero-order chi connectivity index (χ0) is 9.72. The van der Waals surface area contributed by atoms with Crippen molar-refractivity contribution >= 4 is 17.3 Å². The van der Waals surface area contributed by atoms with Gasteiger partial charge < -0.3 is 5.73 Å². The molecule has 0 saturated heterocycles. The predicted molar refractivity (Wildman–Crippen MR) is 56.7 cm³/mol. The zero-order valence-electron chi connectivity index (χ0n) is 8.11. The second kappa shape index (κ2) is 5.04. The maximum atomic E-state index is 5.76. The molecule has 1 aromatic carbocycles. The van der Waals surface area contributed by atoms with Gasteiger partial charge in [0.1, 0.15) is 0 Å². The molecular weight excluding hydrogens is 170 g/mol. The van der Waals surface area contributed by atoms with Crippen molar-refractivity contribution in [2.75, 3.05) is 5.73 Å². The maximum absolute atomic E-state index is 5.76. The summed E-state index contributed by atoms with van der Waals surface area (Å²) in [5, 5.41) is 0.642. The van der Waals surface area contributed by atoms with E-state index in [0.29, 0.717) is 10.7 Å². The quantitative estimate of drug-likeness (QED) is 0.615. The highest BCUT2D eigenvalue weighted by Crippen LogP contribution is 2.22. The lowest BCUT2D eigenvalue weighted by atomic mass is 10.1. The van der Waals surface area contributed by atoms with E-state index in [1.165, 1.54) is 11.1 Å². The van der Waals surface area contributed by atoms with Gasteiger partial charge in [-0.05, 0) is 37.1 Å². The highest BCUT2D eigenvalue weighted by atomic mass is 35.5. The Bertz CT molecular complexity index is 206. The van der Waals surface area contributed by atoms with Crippen molar-refractivity contribution in [1.82, 2.24) is 0 Å². The molecule has 1 aromatic rings. The summed E-state index contributed by atoms with van der Waals surface area (Å²) in [6, 6.07) is 3.77. The maximum Gasteiger partial charge on any atom is 0.0638 e. The summed E-state index contributed by atoms with van der Waals surface area (Å²) in [6.07, 6.45) is 0. The van der Waals surface area contributed by atoms with E-state index in [1.807, 2.05) is 39.8 Å². The second-order valence-corrected chi connectivity index (χ2v) is 2.87. The first-order valence-corrected chi connectivity index (χ1v) is 4.51. The number of rotatable bonds is 0. The van der Waals surface area contributed by atoms with E-state index in [4.69, 9.17) is 17.3 Å². The van der Waals surface area contributed by atoms with Crippen LogP contribution in [0.15, 0.2) is 12.1 Å². The lowest BCUT2D eigenvalue weighted by molar-refractivity contribution is 1.34. The van der Waals surface area contributed by atoms with E-state index in [-0.39, 0.29) is 0 Å². The fourth-order valence-corrected chi connectivity index (χ4v) is 1.02.